The quantitative estimate of drug-likeness (QED) is 0.844. The largest absolute Gasteiger partial charge is 0.339 e. The topological polar surface area (TPSA) is 72.1 Å². The van der Waals surface area contributed by atoms with Gasteiger partial charge in [0.05, 0.1) is 0 Å². The van der Waals surface area contributed by atoms with Gasteiger partial charge < -0.3 is 9.42 Å². The van der Waals surface area contributed by atoms with Crippen molar-refractivity contribution in [3.63, 3.8) is 0 Å². The van der Waals surface area contributed by atoms with Crippen molar-refractivity contribution in [2.45, 2.75) is 69.4 Å². The second-order valence-electron chi connectivity index (χ2n) is 7.98. The number of fused-ring (bicyclic) bond motifs is 2. The maximum atomic E-state index is 13.0. The van der Waals surface area contributed by atoms with Crippen molar-refractivity contribution in [1.82, 2.24) is 20.0 Å². The molecule has 3 fully saturated rings. The molecule has 26 heavy (non-hydrogen) atoms. The van der Waals surface area contributed by atoms with Gasteiger partial charge in [-0.3, -0.25) is 9.78 Å². The van der Waals surface area contributed by atoms with Crippen LogP contribution in [0.2, 0.25) is 0 Å². The van der Waals surface area contributed by atoms with Crippen molar-refractivity contribution in [3.8, 4) is 11.4 Å². The molecule has 3 aliphatic rings. The molecule has 1 saturated carbocycles. The van der Waals surface area contributed by atoms with Crippen LogP contribution in [0.3, 0.4) is 0 Å². The van der Waals surface area contributed by atoms with Crippen LogP contribution >= 0.6 is 0 Å². The number of hydrogen-bond donors (Lipinski definition) is 0. The summed E-state index contributed by atoms with van der Waals surface area (Å²) in [6, 6.07) is 4.51. The average molecular weight is 352 g/mol. The molecule has 2 aromatic heterocycles. The van der Waals surface area contributed by atoms with Gasteiger partial charge in [0.15, 0.2) is 0 Å². The van der Waals surface area contributed by atoms with E-state index < -0.39 is 0 Å². The van der Waals surface area contributed by atoms with E-state index >= 15 is 0 Å². The van der Waals surface area contributed by atoms with E-state index in [2.05, 4.69) is 20.0 Å². The minimum absolute atomic E-state index is 0.262. The highest BCUT2D eigenvalue weighted by atomic mass is 16.5. The number of hydrogen-bond acceptors (Lipinski definition) is 5. The number of pyridine rings is 1. The Morgan fingerprint density at radius 3 is 2.58 bits per heavy atom. The van der Waals surface area contributed by atoms with Gasteiger partial charge in [-0.05, 0) is 50.7 Å². The average Bonchev–Trinajstić information content (AvgIpc) is 3.42. The Hall–Kier alpha value is -2.24. The Balaban J connectivity index is 1.32. The summed E-state index contributed by atoms with van der Waals surface area (Å²) in [4.78, 5) is 23.9. The van der Waals surface area contributed by atoms with Crippen LogP contribution in [0.25, 0.3) is 11.4 Å². The molecule has 2 aliphatic heterocycles. The lowest BCUT2D eigenvalue weighted by atomic mass is 9.89. The Labute approximate surface area is 153 Å². The van der Waals surface area contributed by atoms with Crippen molar-refractivity contribution < 1.29 is 9.32 Å². The molecule has 136 valence electrons. The summed E-state index contributed by atoms with van der Waals surface area (Å²) in [5, 5.41) is 4.14. The second-order valence-corrected chi connectivity index (χ2v) is 7.98. The standard InChI is InChI=1S/C20H24N4O2/c25-20(13-4-1-2-5-13)24-16-7-8-17(24)11-15(10-16)19-22-18(23-26-19)14-6-3-9-21-12-14/h3,6,9,12-13,15-17H,1-2,4-5,7-8,10-11H2/t15?,16-,17+. The van der Waals surface area contributed by atoms with Gasteiger partial charge in [0, 0.05) is 41.9 Å². The normalized spacial score (nSPS) is 28.6. The lowest BCUT2D eigenvalue weighted by Crippen LogP contribution is -2.48. The van der Waals surface area contributed by atoms with Crippen LogP contribution in [-0.4, -0.2) is 38.0 Å². The van der Waals surface area contributed by atoms with Crippen LogP contribution in [0, 0.1) is 5.92 Å². The number of piperidine rings is 1. The van der Waals surface area contributed by atoms with Crippen molar-refractivity contribution in [2.24, 2.45) is 5.92 Å². The van der Waals surface area contributed by atoms with Crippen LogP contribution < -0.4 is 0 Å². The smallest absolute Gasteiger partial charge is 0.230 e. The van der Waals surface area contributed by atoms with Crippen molar-refractivity contribution in [1.29, 1.82) is 0 Å². The minimum Gasteiger partial charge on any atom is -0.339 e. The predicted octanol–water partition coefficient (Wildman–Crippen LogP) is 3.56. The molecule has 1 amide bonds. The summed E-state index contributed by atoms with van der Waals surface area (Å²) in [5.74, 6) is 2.27. The zero-order valence-electron chi connectivity index (χ0n) is 14.9. The molecule has 1 unspecified atom stereocenters. The molecule has 0 N–H and O–H groups in total. The van der Waals surface area contributed by atoms with Crippen molar-refractivity contribution in [2.75, 3.05) is 0 Å². The van der Waals surface area contributed by atoms with Crippen molar-refractivity contribution >= 4 is 5.91 Å². The first-order valence-corrected chi connectivity index (χ1v) is 9.86. The van der Waals surface area contributed by atoms with Gasteiger partial charge >= 0.3 is 0 Å². The Bertz CT molecular complexity index is 770. The molecule has 0 aromatic carbocycles. The zero-order valence-corrected chi connectivity index (χ0v) is 14.9. The van der Waals surface area contributed by atoms with E-state index in [9.17, 15) is 4.79 Å². The van der Waals surface area contributed by atoms with Crippen molar-refractivity contribution in [3.05, 3.63) is 30.4 Å². The number of nitrogens with zero attached hydrogens (tertiary/aromatic N) is 4. The summed E-state index contributed by atoms with van der Waals surface area (Å²) in [5.41, 5.74) is 0.874. The van der Waals surface area contributed by atoms with E-state index in [1.807, 2.05) is 12.1 Å². The Morgan fingerprint density at radius 2 is 1.88 bits per heavy atom. The van der Waals surface area contributed by atoms with Gasteiger partial charge in [0.1, 0.15) is 0 Å². The lowest BCUT2D eigenvalue weighted by molar-refractivity contribution is -0.140. The molecule has 1 aliphatic carbocycles. The number of carbonyl (C=O) groups is 1. The number of rotatable bonds is 3. The van der Waals surface area contributed by atoms with Gasteiger partial charge in [-0.1, -0.05) is 18.0 Å². The predicted molar refractivity (Wildman–Crippen MR) is 95.1 cm³/mol. The zero-order chi connectivity index (χ0) is 17.5. The molecule has 5 rings (SSSR count). The Morgan fingerprint density at radius 1 is 1.12 bits per heavy atom. The fourth-order valence-electron chi connectivity index (χ4n) is 5.14. The van der Waals surface area contributed by atoms with E-state index in [0.29, 0.717) is 29.7 Å². The van der Waals surface area contributed by atoms with Gasteiger partial charge in [-0.15, -0.1) is 0 Å². The first-order valence-electron chi connectivity index (χ1n) is 9.86. The summed E-state index contributed by atoms with van der Waals surface area (Å²) in [6.45, 7) is 0. The SMILES string of the molecule is O=C(C1CCCC1)N1[C@@H]2CC[C@H]1CC(c1nc(-c3cccnc3)no1)C2. The first kappa shape index (κ1) is 16.0. The van der Waals surface area contributed by atoms with Gasteiger partial charge in [-0.2, -0.15) is 4.98 Å². The maximum Gasteiger partial charge on any atom is 0.230 e. The van der Waals surface area contributed by atoms with Gasteiger partial charge in [0.2, 0.25) is 17.6 Å². The summed E-state index contributed by atoms with van der Waals surface area (Å²) < 4.78 is 5.59. The summed E-state index contributed by atoms with van der Waals surface area (Å²) >= 11 is 0. The van der Waals surface area contributed by atoms with Gasteiger partial charge in [-0.25, -0.2) is 0 Å². The summed E-state index contributed by atoms with van der Waals surface area (Å²) in [7, 11) is 0. The fraction of sp³-hybridized carbons (Fsp3) is 0.600. The molecule has 2 aromatic rings. The molecule has 0 radical (unpaired) electrons. The molecule has 0 spiro atoms. The molecule has 6 heteroatoms. The molecule has 2 saturated heterocycles. The Kier molecular flexibility index (Phi) is 3.98. The monoisotopic (exact) mass is 352 g/mol. The fourth-order valence-corrected chi connectivity index (χ4v) is 5.14. The number of carbonyl (C=O) groups excluding carboxylic acids is 1. The van der Waals surface area contributed by atoms with E-state index in [1.165, 1.54) is 12.8 Å². The molecular weight excluding hydrogens is 328 g/mol. The van der Waals surface area contributed by atoms with Crippen LogP contribution in [0.15, 0.2) is 29.0 Å². The third kappa shape index (κ3) is 2.72. The molecular formula is C20H24N4O2. The third-order valence-corrected chi connectivity index (χ3v) is 6.40. The minimum atomic E-state index is 0.262. The molecule has 4 heterocycles. The number of aromatic nitrogens is 3. The third-order valence-electron chi connectivity index (χ3n) is 6.40. The van der Waals surface area contributed by atoms with Crippen LogP contribution in [-0.2, 0) is 4.79 Å². The highest BCUT2D eigenvalue weighted by Gasteiger charge is 2.46. The highest BCUT2D eigenvalue weighted by Crippen LogP contribution is 2.44. The van der Waals surface area contributed by atoms with Crippen LogP contribution in [0.5, 0.6) is 0 Å². The van der Waals surface area contributed by atoms with Gasteiger partial charge in [0.25, 0.3) is 0 Å². The summed E-state index contributed by atoms with van der Waals surface area (Å²) in [6.07, 6.45) is 12.2. The lowest BCUT2D eigenvalue weighted by Gasteiger charge is -2.39. The van der Waals surface area contributed by atoms with Crippen LogP contribution in [0.4, 0.5) is 0 Å². The van der Waals surface area contributed by atoms with E-state index in [0.717, 1.165) is 44.1 Å². The van der Waals surface area contributed by atoms with Crippen LogP contribution in [0.1, 0.15) is 63.2 Å². The maximum absolute atomic E-state index is 13.0. The van der Waals surface area contributed by atoms with E-state index in [1.54, 1.807) is 12.4 Å². The van der Waals surface area contributed by atoms with E-state index in [4.69, 9.17) is 4.52 Å². The molecule has 2 bridgehead atoms. The number of amides is 1. The highest BCUT2D eigenvalue weighted by molar-refractivity contribution is 5.80. The first-order chi connectivity index (χ1) is 12.8. The molecule has 3 atom stereocenters. The van der Waals surface area contributed by atoms with E-state index in [-0.39, 0.29) is 11.8 Å². The molecule has 6 nitrogen and oxygen atoms in total. The second kappa shape index (κ2) is 6.49.